The summed E-state index contributed by atoms with van der Waals surface area (Å²) < 4.78 is 0. The maximum absolute atomic E-state index is 10.5. The number of aliphatic hydroxyl groups is 1. The molecule has 0 spiro atoms. The number of aliphatic hydroxyl groups excluding tert-OH is 1. The lowest BCUT2D eigenvalue weighted by molar-refractivity contribution is -0.376. The SMILES string of the molecule is CC(O)C(OOC(C)(C)C)C(=O)O. The molecular weight excluding hydrogens is 176 g/mol. The zero-order valence-electron chi connectivity index (χ0n) is 8.27. The molecule has 2 unspecified atom stereocenters. The summed E-state index contributed by atoms with van der Waals surface area (Å²) in [6, 6.07) is 0. The second kappa shape index (κ2) is 4.55. The number of hydrogen-bond acceptors (Lipinski definition) is 4. The van der Waals surface area contributed by atoms with E-state index >= 15 is 0 Å². The van der Waals surface area contributed by atoms with E-state index in [2.05, 4.69) is 4.89 Å². The van der Waals surface area contributed by atoms with Crippen LogP contribution in [0.15, 0.2) is 0 Å². The smallest absolute Gasteiger partial charge is 0.338 e. The van der Waals surface area contributed by atoms with E-state index in [1.165, 1.54) is 6.92 Å². The fourth-order valence-electron chi connectivity index (χ4n) is 0.524. The molecule has 2 atom stereocenters. The Morgan fingerprint density at radius 1 is 1.38 bits per heavy atom. The number of carboxylic acid groups (broad SMARTS) is 1. The van der Waals surface area contributed by atoms with Gasteiger partial charge in [-0.1, -0.05) is 0 Å². The molecule has 0 aromatic heterocycles. The van der Waals surface area contributed by atoms with Gasteiger partial charge in [0.15, 0.2) is 0 Å². The highest BCUT2D eigenvalue weighted by atomic mass is 17.2. The molecule has 0 aromatic rings. The molecule has 78 valence electrons. The molecule has 0 rings (SSSR count). The third kappa shape index (κ3) is 5.57. The minimum absolute atomic E-state index is 0.595. The predicted molar refractivity (Wildman–Crippen MR) is 45.0 cm³/mol. The quantitative estimate of drug-likeness (QED) is 0.503. The predicted octanol–water partition coefficient (Wildman–Crippen LogP) is 0.567. The molecular formula is C8H16O5. The van der Waals surface area contributed by atoms with E-state index in [-0.39, 0.29) is 0 Å². The van der Waals surface area contributed by atoms with Gasteiger partial charge in [0, 0.05) is 0 Å². The van der Waals surface area contributed by atoms with Gasteiger partial charge in [-0.2, -0.15) is 0 Å². The molecule has 0 radical (unpaired) electrons. The van der Waals surface area contributed by atoms with Gasteiger partial charge in [-0.3, -0.25) is 0 Å². The van der Waals surface area contributed by atoms with Crippen molar-refractivity contribution in [3.8, 4) is 0 Å². The Bertz CT molecular complexity index is 170. The van der Waals surface area contributed by atoms with Crippen LogP contribution in [-0.2, 0) is 14.6 Å². The Morgan fingerprint density at radius 3 is 2.08 bits per heavy atom. The van der Waals surface area contributed by atoms with E-state index in [1.54, 1.807) is 20.8 Å². The summed E-state index contributed by atoms with van der Waals surface area (Å²) >= 11 is 0. The summed E-state index contributed by atoms with van der Waals surface area (Å²) in [4.78, 5) is 19.8. The number of aliphatic carboxylic acids is 1. The topological polar surface area (TPSA) is 76.0 Å². The second-order valence-electron chi connectivity index (χ2n) is 3.79. The standard InChI is InChI=1S/C8H16O5/c1-5(9)6(7(10)11)12-13-8(2,3)4/h5-6,9H,1-4H3,(H,10,11). The Kier molecular flexibility index (Phi) is 4.32. The Morgan fingerprint density at radius 2 is 1.85 bits per heavy atom. The molecule has 5 nitrogen and oxygen atoms in total. The van der Waals surface area contributed by atoms with E-state index < -0.39 is 23.8 Å². The molecule has 0 aliphatic heterocycles. The molecule has 0 aliphatic rings. The molecule has 0 amide bonds. The van der Waals surface area contributed by atoms with Crippen molar-refractivity contribution in [3.05, 3.63) is 0 Å². The van der Waals surface area contributed by atoms with Crippen molar-refractivity contribution in [2.45, 2.75) is 45.5 Å². The number of carboxylic acids is 1. The number of hydrogen-bond donors (Lipinski definition) is 2. The van der Waals surface area contributed by atoms with Gasteiger partial charge in [0.1, 0.15) is 0 Å². The summed E-state index contributed by atoms with van der Waals surface area (Å²) in [6.45, 7) is 6.47. The highest BCUT2D eigenvalue weighted by Gasteiger charge is 2.27. The molecule has 0 bridgehead atoms. The molecule has 13 heavy (non-hydrogen) atoms. The average Bonchev–Trinajstić information content (AvgIpc) is 1.82. The van der Waals surface area contributed by atoms with Gasteiger partial charge < -0.3 is 10.2 Å². The maximum atomic E-state index is 10.5. The summed E-state index contributed by atoms with van der Waals surface area (Å²) in [5.41, 5.74) is -0.595. The average molecular weight is 192 g/mol. The van der Waals surface area contributed by atoms with Crippen molar-refractivity contribution in [1.82, 2.24) is 0 Å². The van der Waals surface area contributed by atoms with Crippen LogP contribution in [-0.4, -0.2) is 34.0 Å². The first-order valence-electron chi connectivity index (χ1n) is 3.99. The van der Waals surface area contributed by atoms with Crippen molar-refractivity contribution in [1.29, 1.82) is 0 Å². The van der Waals surface area contributed by atoms with Crippen LogP contribution in [0.3, 0.4) is 0 Å². The first-order chi connectivity index (χ1) is 5.74. The lowest BCUT2D eigenvalue weighted by Crippen LogP contribution is -2.37. The van der Waals surface area contributed by atoms with Crippen LogP contribution < -0.4 is 0 Å². The Balaban J connectivity index is 4.06. The monoisotopic (exact) mass is 192 g/mol. The first-order valence-corrected chi connectivity index (χ1v) is 3.99. The van der Waals surface area contributed by atoms with E-state index in [9.17, 15) is 4.79 Å². The van der Waals surface area contributed by atoms with Crippen LogP contribution >= 0.6 is 0 Å². The van der Waals surface area contributed by atoms with Crippen molar-refractivity contribution < 1.29 is 24.8 Å². The normalized spacial score (nSPS) is 16.7. The van der Waals surface area contributed by atoms with Crippen molar-refractivity contribution in [3.63, 3.8) is 0 Å². The number of carbonyl (C=O) groups is 1. The molecule has 2 N–H and O–H groups in total. The molecule has 5 heteroatoms. The lowest BCUT2D eigenvalue weighted by atomic mass is 10.2. The van der Waals surface area contributed by atoms with Gasteiger partial charge in [-0.25, -0.2) is 14.6 Å². The van der Waals surface area contributed by atoms with Crippen LogP contribution in [0.4, 0.5) is 0 Å². The fourth-order valence-corrected chi connectivity index (χ4v) is 0.524. The van der Waals surface area contributed by atoms with E-state index in [0.29, 0.717) is 0 Å². The highest BCUT2D eigenvalue weighted by molar-refractivity contribution is 5.72. The van der Waals surface area contributed by atoms with Crippen LogP contribution in [0.1, 0.15) is 27.7 Å². The van der Waals surface area contributed by atoms with E-state index in [0.717, 1.165) is 0 Å². The Labute approximate surface area is 77.2 Å². The van der Waals surface area contributed by atoms with E-state index in [1.807, 2.05) is 0 Å². The van der Waals surface area contributed by atoms with E-state index in [4.69, 9.17) is 15.1 Å². The van der Waals surface area contributed by atoms with Gasteiger partial charge in [0.05, 0.1) is 11.7 Å². The first kappa shape index (κ1) is 12.3. The third-order valence-corrected chi connectivity index (χ3v) is 1.08. The summed E-state index contributed by atoms with van der Waals surface area (Å²) in [7, 11) is 0. The van der Waals surface area contributed by atoms with Crippen molar-refractivity contribution in [2.24, 2.45) is 0 Å². The van der Waals surface area contributed by atoms with Crippen LogP contribution in [0, 0.1) is 0 Å². The second-order valence-corrected chi connectivity index (χ2v) is 3.79. The fraction of sp³-hybridized carbons (Fsp3) is 0.875. The summed E-state index contributed by atoms with van der Waals surface area (Å²) in [6.07, 6.45) is -2.46. The lowest BCUT2D eigenvalue weighted by Gasteiger charge is -2.22. The van der Waals surface area contributed by atoms with Crippen LogP contribution in [0.25, 0.3) is 0 Å². The van der Waals surface area contributed by atoms with Gasteiger partial charge in [-0.05, 0) is 27.7 Å². The molecule has 0 heterocycles. The highest BCUT2D eigenvalue weighted by Crippen LogP contribution is 2.10. The number of rotatable bonds is 4. The van der Waals surface area contributed by atoms with Gasteiger partial charge in [-0.15, -0.1) is 0 Å². The minimum Gasteiger partial charge on any atom is -0.479 e. The zero-order chi connectivity index (χ0) is 10.6. The molecule has 0 aliphatic carbocycles. The minimum atomic E-state index is -1.35. The molecule has 0 saturated heterocycles. The van der Waals surface area contributed by atoms with Crippen molar-refractivity contribution >= 4 is 5.97 Å². The largest absolute Gasteiger partial charge is 0.479 e. The van der Waals surface area contributed by atoms with Crippen molar-refractivity contribution in [2.75, 3.05) is 0 Å². The summed E-state index contributed by atoms with van der Waals surface area (Å²) in [5, 5.41) is 17.6. The molecule has 0 saturated carbocycles. The molecule has 0 aromatic carbocycles. The van der Waals surface area contributed by atoms with Gasteiger partial charge in [0.2, 0.25) is 6.10 Å². The Hall–Kier alpha value is -0.650. The van der Waals surface area contributed by atoms with Crippen LogP contribution in [0.2, 0.25) is 0 Å². The molecule has 0 fully saturated rings. The van der Waals surface area contributed by atoms with Crippen LogP contribution in [0.5, 0.6) is 0 Å². The maximum Gasteiger partial charge on any atom is 0.338 e. The van der Waals surface area contributed by atoms with Gasteiger partial charge >= 0.3 is 5.97 Å². The zero-order valence-corrected chi connectivity index (χ0v) is 8.27. The summed E-state index contributed by atoms with van der Waals surface area (Å²) in [5.74, 6) is -1.25. The van der Waals surface area contributed by atoms with Gasteiger partial charge in [0.25, 0.3) is 0 Å². The third-order valence-electron chi connectivity index (χ3n) is 1.08.